The molecular formula is C13H24N2O3. The third kappa shape index (κ3) is 3.45. The zero-order valence-electron chi connectivity index (χ0n) is 11.3. The molecule has 1 rings (SSSR count). The largest absolute Gasteiger partial charge is 0.481 e. The van der Waals surface area contributed by atoms with Crippen LogP contribution in [0.25, 0.3) is 0 Å². The summed E-state index contributed by atoms with van der Waals surface area (Å²) in [6.45, 7) is 5.67. The SMILES string of the molecule is CCC(CC)(CNC(=O)C1CCNCC1)C(=O)O. The predicted molar refractivity (Wildman–Crippen MR) is 69.3 cm³/mol. The summed E-state index contributed by atoms with van der Waals surface area (Å²) in [5.41, 5.74) is -0.817. The van der Waals surface area contributed by atoms with E-state index in [-0.39, 0.29) is 18.4 Å². The molecule has 0 aliphatic carbocycles. The van der Waals surface area contributed by atoms with Gasteiger partial charge in [-0.05, 0) is 38.8 Å². The fraction of sp³-hybridized carbons (Fsp3) is 0.846. The van der Waals surface area contributed by atoms with Gasteiger partial charge in [0.2, 0.25) is 5.91 Å². The lowest BCUT2D eigenvalue weighted by atomic mass is 9.82. The van der Waals surface area contributed by atoms with Crippen LogP contribution in [0.15, 0.2) is 0 Å². The molecule has 5 nitrogen and oxygen atoms in total. The first-order chi connectivity index (χ1) is 8.55. The van der Waals surface area contributed by atoms with Gasteiger partial charge in [0.25, 0.3) is 0 Å². The normalized spacial score (nSPS) is 17.4. The van der Waals surface area contributed by atoms with Gasteiger partial charge in [-0.3, -0.25) is 9.59 Å². The third-order valence-electron chi connectivity index (χ3n) is 4.12. The molecule has 1 aliphatic heterocycles. The molecule has 0 aromatic carbocycles. The molecule has 3 N–H and O–H groups in total. The van der Waals surface area contributed by atoms with Crippen molar-refractivity contribution in [3.05, 3.63) is 0 Å². The van der Waals surface area contributed by atoms with Gasteiger partial charge in [0.1, 0.15) is 0 Å². The topological polar surface area (TPSA) is 78.4 Å². The number of carboxylic acids is 1. The van der Waals surface area contributed by atoms with Gasteiger partial charge >= 0.3 is 5.97 Å². The minimum absolute atomic E-state index is 0.00373. The van der Waals surface area contributed by atoms with Gasteiger partial charge < -0.3 is 15.7 Å². The first-order valence-electron chi connectivity index (χ1n) is 6.77. The number of nitrogens with one attached hydrogen (secondary N) is 2. The monoisotopic (exact) mass is 256 g/mol. The first kappa shape index (κ1) is 15.0. The molecule has 1 saturated heterocycles. The Kier molecular flexibility index (Phi) is 5.59. The summed E-state index contributed by atoms with van der Waals surface area (Å²) in [6, 6.07) is 0. The Morgan fingerprint density at radius 3 is 2.28 bits per heavy atom. The molecule has 18 heavy (non-hydrogen) atoms. The Hall–Kier alpha value is -1.10. The predicted octanol–water partition coefficient (Wildman–Crippen LogP) is 0.993. The number of rotatable bonds is 6. The van der Waals surface area contributed by atoms with E-state index in [0.717, 1.165) is 25.9 Å². The highest BCUT2D eigenvalue weighted by molar-refractivity contribution is 5.80. The molecule has 0 spiro atoms. The van der Waals surface area contributed by atoms with Crippen molar-refractivity contribution in [3.63, 3.8) is 0 Å². The van der Waals surface area contributed by atoms with Crippen molar-refractivity contribution in [2.24, 2.45) is 11.3 Å². The van der Waals surface area contributed by atoms with Crippen molar-refractivity contribution in [2.75, 3.05) is 19.6 Å². The third-order valence-corrected chi connectivity index (χ3v) is 4.12. The summed E-state index contributed by atoms with van der Waals surface area (Å²) in [5.74, 6) is -0.784. The van der Waals surface area contributed by atoms with E-state index in [4.69, 9.17) is 0 Å². The molecule has 0 saturated carbocycles. The Labute approximate surface area is 108 Å². The minimum atomic E-state index is -0.821. The Morgan fingerprint density at radius 1 is 1.28 bits per heavy atom. The standard InChI is InChI=1S/C13H24N2O3/c1-3-13(4-2,12(17)18)9-15-11(16)10-5-7-14-8-6-10/h10,14H,3-9H2,1-2H3,(H,15,16)(H,17,18). The number of carbonyl (C=O) groups excluding carboxylic acids is 1. The molecule has 0 aromatic rings. The maximum Gasteiger partial charge on any atom is 0.311 e. The van der Waals surface area contributed by atoms with Crippen LogP contribution in [0.4, 0.5) is 0 Å². The van der Waals surface area contributed by atoms with Crippen LogP contribution in [0, 0.1) is 11.3 Å². The molecule has 0 bridgehead atoms. The smallest absolute Gasteiger partial charge is 0.311 e. The van der Waals surface area contributed by atoms with Gasteiger partial charge in [0.15, 0.2) is 0 Å². The number of carboxylic acid groups (broad SMARTS) is 1. The van der Waals surface area contributed by atoms with Crippen molar-refractivity contribution >= 4 is 11.9 Å². The quantitative estimate of drug-likeness (QED) is 0.662. The van der Waals surface area contributed by atoms with Crippen LogP contribution in [-0.4, -0.2) is 36.6 Å². The van der Waals surface area contributed by atoms with Gasteiger partial charge in [-0.1, -0.05) is 13.8 Å². The fourth-order valence-corrected chi connectivity index (χ4v) is 2.36. The second kappa shape index (κ2) is 6.73. The fourth-order valence-electron chi connectivity index (χ4n) is 2.36. The summed E-state index contributed by atoms with van der Waals surface area (Å²) >= 11 is 0. The van der Waals surface area contributed by atoms with E-state index in [0.29, 0.717) is 12.8 Å². The van der Waals surface area contributed by atoms with Crippen LogP contribution >= 0.6 is 0 Å². The number of carbonyl (C=O) groups is 2. The molecule has 0 unspecified atom stereocenters. The van der Waals surface area contributed by atoms with Gasteiger partial charge in [-0.2, -0.15) is 0 Å². The number of amides is 1. The van der Waals surface area contributed by atoms with Gasteiger partial charge in [0, 0.05) is 12.5 Å². The van der Waals surface area contributed by atoms with Crippen molar-refractivity contribution < 1.29 is 14.7 Å². The summed E-state index contributed by atoms with van der Waals surface area (Å²) in [5, 5.41) is 15.3. The van der Waals surface area contributed by atoms with Crippen LogP contribution in [0.1, 0.15) is 39.5 Å². The van der Waals surface area contributed by atoms with Crippen molar-refractivity contribution in [1.82, 2.24) is 10.6 Å². The number of hydrogen-bond acceptors (Lipinski definition) is 3. The van der Waals surface area contributed by atoms with Crippen molar-refractivity contribution in [3.8, 4) is 0 Å². The molecule has 1 amide bonds. The molecule has 0 aromatic heterocycles. The number of piperidine rings is 1. The van der Waals surface area contributed by atoms with E-state index in [1.165, 1.54) is 0 Å². The Bertz CT molecular complexity index is 295. The van der Waals surface area contributed by atoms with E-state index in [1.807, 2.05) is 13.8 Å². The molecule has 0 atom stereocenters. The highest BCUT2D eigenvalue weighted by Gasteiger charge is 2.35. The second-order valence-electron chi connectivity index (χ2n) is 5.03. The lowest BCUT2D eigenvalue weighted by Crippen LogP contribution is -2.45. The minimum Gasteiger partial charge on any atom is -0.481 e. The van der Waals surface area contributed by atoms with E-state index in [1.54, 1.807) is 0 Å². The maximum atomic E-state index is 12.0. The summed E-state index contributed by atoms with van der Waals surface area (Å²) < 4.78 is 0. The number of aliphatic carboxylic acids is 1. The van der Waals surface area contributed by atoms with E-state index >= 15 is 0 Å². The summed E-state index contributed by atoms with van der Waals surface area (Å²) in [4.78, 5) is 23.3. The van der Waals surface area contributed by atoms with E-state index in [2.05, 4.69) is 10.6 Å². The Morgan fingerprint density at radius 2 is 1.83 bits per heavy atom. The zero-order valence-corrected chi connectivity index (χ0v) is 11.3. The highest BCUT2D eigenvalue weighted by atomic mass is 16.4. The van der Waals surface area contributed by atoms with E-state index in [9.17, 15) is 14.7 Å². The second-order valence-corrected chi connectivity index (χ2v) is 5.03. The number of hydrogen-bond donors (Lipinski definition) is 3. The molecule has 1 fully saturated rings. The molecule has 0 radical (unpaired) electrons. The lowest BCUT2D eigenvalue weighted by Gasteiger charge is -2.29. The van der Waals surface area contributed by atoms with Crippen LogP contribution in [0.5, 0.6) is 0 Å². The van der Waals surface area contributed by atoms with E-state index < -0.39 is 11.4 Å². The molecular weight excluding hydrogens is 232 g/mol. The highest BCUT2D eigenvalue weighted by Crippen LogP contribution is 2.26. The average molecular weight is 256 g/mol. The van der Waals surface area contributed by atoms with Crippen LogP contribution < -0.4 is 10.6 Å². The van der Waals surface area contributed by atoms with Gasteiger partial charge in [-0.15, -0.1) is 0 Å². The maximum absolute atomic E-state index is 12.0. The van der Waals surface area contributed by atoms with Crippen LogP contribution in [0.3, 0.4) is 0 Å². The van der Waals surface area contributed by atoms with Gasteiger partial charge in [0.05, 0.1) is 5.41 Å². The molecule has 104 valence electrons. The molecule has 5 heteroatoms. The Balaban J connectivity index is 2.51. The average Bonchev–Trinajstić information content (AvgIpc) is 2.41. The summed E-state index contributed by atoms with van der Waals surface area (Å²) in [6.07, 6.45) is 2.74. The zero-order chi connectivity index (χ0) is 13.6. The summed E-state index contributed by atoms with van der Waals surface area (Å²) in [7, 11) is 0. The van der Waals surface area contributed by atoms with Gasteiger partial charge in [-0.25, -0.2) is 0 Å². The van der Waals surface area contributed by atoms with Crippen molar-refractivity contribution in [1.29, 1.82) is 0 Å². The van der Waals surface area contributed by atoms with Crippen molar-refractivity contribution in [2.45, 2.75) is 39.5 Å². The first-order valence-corrected chi connectivity index (χ1v) is 6.77. The lowest BCUT2D eigenvalue weighted by molar-refractivity contribution is -0.149. The molecule has 1 heterocycles. The van der Waals surface area contributed by atoms with Crippen LogP contribution in [0.2, 0.25) is 0 Å². The van der Waals surface area contributed by atoms with Crippen LogP contribution in [-0.2, 0) is 9.59 Å². The molecule has 1 aliphatic rings.